The number of methoxy groups -OCH3 is 2. The topological polar surface area (TPSA) is 118 Å². The van der Waals surface area contributed by atoms with Crippen LogP contribution in [0.25, 0.3) is 0 Å². The van der Waals surface area contributed by atoms with Crippen LogP contribution in [0.5, 0.6) is 5.75 Å². The Bertz CT molecular complexity index is 1200. The Kier molecular flexibility index (Phi) is 8.12. The second-order valence-corrected chi connectivity index (χ2v) is 7.98. The van der Waals surface area contributed by atoms with Crippen LogP contribution in [0.15, 0.2) is 77.3 Å². The number of esters is 2. The van der Waals surface area contributed by atoms with Gasteiger partial charge in [0.05, 0.1) is 43.0 Å². The Morgan fingerprint density at radius 3 is 2.34 bits per heavy atom. The smallest absolute Gasteiger partial charge is 0.355 e. The molecule has 2 N–H and O–H groups in total. The number of rotatable bonds is 8. The Hall–Kier alpha value is -4.29. The minimum absolute atomic E-state index is 0.000141. The van der Waals surface area contributed by atoms with Crippen molar-refractivity contribution in [2.75, 3.05) is 46.4 Å². The molecule has 0 bridgehead atoms. The number of hydrogen-bond acceptors (Lipinski definition) is 9. The summed E-state index contributed by atoms with van der Waals surface area (Å²) in [4.78, 5) is 29.5. The van der Waals surface area contributed by atoms with Gasteiger partial charge in [0.2, 0.25) is 0 Å². The SMILES string of the molecule is COC(=O)C1=C(C(=O)OC)N(c2cccc(OCCN(C)C)c2)C(N)=C(C#N)C1c1ccccc1. The van der Waals surface area contributed by atoms with Gasteiger partial charge in [0.1, 0.15) is 23.9 Å². The highest BCUT2D eigenvalue weighted by atomic mass is 16.5. The second-order valence-electron chi connectivity index (χ2n) is 7.98. The van der Waals surface area contributed by atoms with Crippen LogP contribution in [0.4, 0.5) is 5.69 Å². The number of benzene rings is 2. The van der Waals surface area contributed by atoms with Crippen molar-refractivity contribution in [3.8, 4) is 11.8 Å². The summed E-state index contributed by atoms with van der Waals surface area (Å²) in [5.74, 6) is -1.96. The van der Waals surface area contributed by atoms with Gasteiger partial charge in [0.25, 0.3) is 0 Å². The molecule has 3 rings (SSSR count). The molecule has 35 heavy (non-hydrogen) atoms. The molecular weight excluding hydrogens is 448 g/mol. The Labute approximate surface area is 204 Å². The highest BCUT2D eigenvalue weighted by molar-refractivity contribution is 6.06. The summed E-state index contributed by atoms with van der Waals surface area (Å²) in [6.45, 7) is 1.14. The number of allylic oxidation sites excluding steroid dienone is 1. The predicted molar refractivity (Wildman–Crippen MR) is 130 cm³/mol. The van der Waals surface area contributed by atoms with Crippen molar-refractivity contribution in [1.82, 2.24) is 4.90 Å². The van der Waals surface area contributed by atoms with Gasteiger partial charge >= 0.3 is 11.9 Å². The molecule has 1 aliphatic rings. The highest BCUT2D eigenvalue weighted by Crippen LogP contribution is 2.43. The standard InChI is InChI=1S/C26H28N4O5/c1-29(2)13-14-35-19-12-8-11-18(15-19)30-23(26(32)34-4)22(25(31)33-3)21(20(16-27)24(30)28)17-9-6-5-7-10-17/h5-12,15,21H,13-14,28H2,1-4H3. The van der Waals surface area contributed by atoms with Gasteiger partial charge in [-0.25, -0.2) is 9.59 Å². The lowest BCUT2D eigenvalue weighted by atomic mass is 9.81. The van der Waals surface area contributed by atoms with Crippen molar-refractivity contribution in [2.24, 2.45) is 5.73 Å². The Morgan fingerprint density at radius 1 is 1.06 bits per heavy atom. The van der Waals surface area contributed by atoms with E-state index in [2.05, 4.69) is 6.07 Å². The van der Waals surface area contributed by atoms with Crippen LogP contribution in [0.3, 0.4) is 0 Å². The van der Waals surface area contributed by atoms with E-state index in [0.717, 1.165) is 0 Å². The van der Waals surface area contributed by atoms with Crippen LogP contribution in [0.2, 0.25) is 0 Å². The molecule has 0 saturated heterocycles. The zero-order valence-corrected chi connectivity index (χ0v) is 20.1. The summed E-state index contributed by atoms with van der Waals surface area (Å²) < 4.78 is 15.9. The summed E-state index contributed by atoms with van der Waals surface area (Å²) in [5, 5.41) is 10.1. The van der Waals surface area contributed by atoms with Crippen molar-refractivity contribution in [3.63, 3.8) is 0 Å². The molecular formula is C26H28N4O5. The van der Waals surface area contributed by atoms with E-state index in [0.29, 0.717) is 30.2 Å². The molecule has 2 aromatic rings. The van der Waals surface area contributed by atoms with Crippen molar-refractivity contribution in [3.05, 3.63) is 82.8 Å². The highest BCUT2D eigenvalue weighted by Gasteiger charge is 2.43. The molecule has 0 aromatic heterocycles. The molecule has 9 heteroatoms. The van der Waals surface area contributed by atoms with Gasteiger partial charge in [-0.2, -0.15) is 5.26 Å². The molecule has 0 fully saturated rings. The van der Waals surface area contributed by atoms with E-state index in [9.17, 15) is 14.9 Å². The van der Waals surface area contributed by atoms with Gasteiger partial charge in [-0.3, -0.25) is 4.90 Å². The molecule has 1 heterocycles. The van der Waals surface area contributed by atoms with Crippen LogP contribution in [0.1, 0.15) is 11.5 Å². The van der Waals surface area contributed by atoms with E-state index in [-0.39, 0.29) is 22.7 Å². The van der Waals surface area contributed by atoms with Gasteiger partial charge in [-0.1, -0.05) is 36.4 Å². The largest absolute Gasteiger partial charge is 0.492 e. The molecule has 0 aliphatic carbocycles. The zero-order valence-electron chi connectivity index (χ0n) is 20.1. The van der Waals surface area contributed by atoms with Gasteiger partial charge in [0, 0.05) is 12.6 Å². The van der Waals surface area contributed by atoms with E-state index in [1.54, 1.807) is 48.5 Å². The Morgan fingerprint density at radius 2 is 1.74 bits per heavy atom. The normalized spacial score (nSPS) is 15.7. The first-order valence-electron chi connectivity index (χ1n) is 10.9. The monoisotopic (exact) mass is 476 g/mol. The Balaban J connectivity index is 2.24. The third-order valence-corrected chi connectivity index (χ3v) is 5.49. The number of anilines is 1. The van der Waals surface area contributed by atoms with Gasteiger partial charge < -0.3 is 24.8 Å². The van der Waals surface area contributed by atoms with Crippen LogP contribution in [-0.4, -0.2) is 58.3 Å². The van der Waals surface area contributed by atoms with Gasteiger partial charge in [-0.05, 0) is 31.8 Å². The van der Waals surface area contributed by atoms with E-state index in [1.165, 1.54) is 19.1 Å². The first-order valence-corrected chi connectivity index (χ1v) is 10.9. The average molecular weight is 477 g/mol. The zero-order chi connectivity index (χ0) is 25.5. The maximum atomic E-state index is 13.1. The van der Waals surface area contributed by atoms with Crippen molar-refractivity contribution in [1.29, 1.82) is 5.26 Å². The van der Waals surface area contributed by atoms with E-state index < -0.39 is 17.9 Å². The third kappa shape index (κ3) is 5.28. The fourth-order valence-corrected chi connectivity index (χ4v) is 3.84. The first-order chi connectivity index (χ1) is 16.8. The molecule has 1 atom stereocenters. The molecule has 0 radical (unpaired) electrons. The molecule has 1 unspecified atom stereocenters. The molecule has 1 aliphatic heterocycles. The molecule has 0 saturated carbocycles. The molecule has 9 nitrogen and oxygen atoms in total. The summed E-state index contributed by atoms with van der Waals surface area (Å²) in [6, 6.07) is 17.9. The van der Waals surface area contributed by atoms with Gasteiger partial charge in [0.15, 0.2) is 0 Å². The number of nitrogens with two attached hydrogens (primary N) is 1. The van der Waals surface area contributed by atoms with Crippen LogP contribution in [0, 0.1) is 11.3 Å². The number of carbonyl (C=O) groups excluding carboxylic acids is 2. The minimum Gasteiger partial charge on any atom is -0.492 e. The van der Waals surface area contributed by atoms with E-state index in [1.807, 2.05) is 25.1 Å². The quantitative estimate of drug-likeness (QED) is 0.573. The van der Waals surface area contributed by atoms with Crippen LogP contribution < -0.4 is 15.4 Å². The number of likely N-dealkylation sites (N-methyl/N-ethyl adjacent to an activating group) is 1. The number of carbonyl (C=O) groups is 2. The summed E-state index contributed by atoms with van der Waals surface area (Å²) >= 11 is 0. The number of hydrogen-bond donors (Lipinski definition) is 1. The summed E-state index contributed by atoms with van der Waals surface area (Å²) in [5.41, 5.74) is 7.46. The van der Waals surface area contributed by atoms with Crippen LogP contribution >= 0.6 is 0 Å². The molecule has 182 valence electrons. The lowest BCUT2D eigenvalue weighted by molar-refractivity contribution is -0.139. The average Bonchev–Trinajstić information content (AvgIpc) is 2.87. The lowest BCUT2D eigenvalue weighted by Gasteiger charge is -2.36. The van der Waals surface area contributed by atoms with E-state index in [4.69, 9.17) is 19.9 Å². The maximum absolute atomic E-state index is 13.1. The third-order valence-electron chi connectivity index (χ3n) is 5.49. The number of nitriles is 1. The van der Waals surface area contributed by atoms with E-state index >= 15 is 0 Å². The molecule has 2 aromatic carbocycles. The number of ether oxygens (including phenoxy) is 3. The van der Waals surface area contributed by atoms with Crippen molar-refractivity contribution in [2.45, 2.75) is 5.92 Å². The maximum Gasteiger partial charge on any atom is 0.355 e. The first kappa shape index (κ1) is 25.3. The minimum atomic E-state index is -0.918. The summed E-state index contributed by atoms with van der Waals surface area (Å²) in [6.07, 6.45) is 0. The fourth-order valence-electron chi connectivity index (χ4n) is 3.84. The van der Waals surface area contributed by atoms with Gasteiger partial charge in [-0.15, -0.1) is 0 Å². The fraction of sp³-hybridized carbons (Fsp3) is 0.269. The predicted octanol–water partition coefficient (Wildman–Crippen LogP) is 2.52. The number of nitrogens with zero attached hydrogens (tertiary/aromatic N) is 3. The second kappa shape index (κ2) is 11.2. The van der Waals surface area contributed by atoms with Crippen molar-refractivity contribution >= 4 is 17.6 Å². The molecule has 0 amide bonds. The molecule has 0 spiro atoms. The lowest BCUT2D eigenvalue weighted by Crippen LogP contribution is -2.40. The van der Waals surface area contributed by atoms with Crippen LogP contribution in [-0.2, 0) is 19.1 Å². The van der Waals surface area contributed by atoms with Crippen molar-refractivity contribution < 1.29 is 23.8 Å². The summed E-state index contributed by atoms with van der Waals surface area (Å²) in [7, 11) is 6.30.